The van der Waals surface area contributed by atoms with Crippen LogP contribution in [0.25, 0.3) is 0 Å². The van der Waals surface area contributed by atoms with Crippen molar-refractivity contribution < 1.29 is 13.9 Å². The molecular weight excluding hydrogens is 234 g/mol. The highest BCUT2D eigenvalue weighted by atomic mass is 16.5. The van der Waals surface area contributed by atoms with Crippen LogP contribution in [0.5, 0.6) is 11.8 Å². The minimum absolute atomic E-state index is 0.331. The summed E-state index contributed by atoms with van der Waals surface area (Å²) >= 11 is 0. The molecule has 0 bridgehead atoms. The second-order valence-corrected chi connectivity index (χ2v) is 3.75. The van der Waals surface area contributed by atoms with Crippen molar-refractivity contribution in [2.24, 2.45) is 5.73 Å². The van der Waals surface area contributed by atoms with E-state index in [1.807, 2.05) is 13.0 Å². The molecule has 0 fully saturated rings. The first-order chi connectivity index (χ1) is 8.67. The van der Waals surface area contributed by atoms with Crippen molar-refractivity contribution in [3.8, 4) is 11.8 Å². The number of hydrogen-bond acceptors (Lipinski definition) is 6. The van der Waals surface area contributed by atoms with Gasteiger partial charge in [0.05, 0.1) is 26.7 Å². The van der Waals surface area contributed by atoms with Gasteiger partial charge < -0.3 is 19.6 Å². The quantitative estimate of drug-likeness (QED) is 0.882. The molecular formula is C12H15N3O3. The van der Waals surface area contributed by atoms with Crippen LogP contribution in [0.1, 0.15) is 23.1 Å². The molecule has 6 nitrogen and oxygen atoms in total. The van der Waals surface area contributed by atoms with Crippen LogP contribution in [-0.4, -0.2) is 24.2 Å². The van der Waals surface area contributed by atoms with Crippen LogP contribution >= 0.6 is 0 Å². The third-order valence-corrected chi connectivity index (χ3v) is 2.63. The number of ether oxygens (including phenoxy) is 2. The maximum absolute atomic E-state index is 6.11. The van der Waals surface area contributed by atoms with Crippen LogP contribution < -0.4 is 15.2 Å². The van der Waals surface area contributed by atoms with Gasteiger partial charge in [0.25, 0.3) is 0 Å². The average Bonchev–Trinajstić information content (AvgIpc) is 2.83. The standard InChI is InChI=1S/C12H15N3O3/c1-7-4-5-18-11(7)9(13)10-12(17-3)15-8(16-2)6-14-10/h4-6,9H,13H2,1-3H3. The molecule has 0 saturated carbocycles. The molecule has 2 heterocycles. The molecule has 1 atom stereocenters. The number of rotatable bonds is 4. The Kier molecular flexibility index (Phi) is 3.47. The van der Waals surface area contributed by atoms with Gasteiger partial charge in [-0.2, -0.15) is 4.98 Å². The molecule has 0 aliphatic carbocycles. The van der Waals surface area contributed by atoms with E-state index in [-0.39, 0.29) is 0 Å². The molecule has 2 aromatic rings. The smallest absolute Gasteiger partial charge is 0.240 e. The van der Waals surface area contributed by atoms with Crippen molar-refractivity contribution in [3.63, 3.8) is 0 Å². The Balaban J connectivity index is 2.41. The van der Waals surface area contributed by atoms with Gasteiger partial charge in [0.15, 0.2) is 0 Å². The Morgan fingerprint density at radius 2 is 2.11 bits per heavy atom. The minimum Gasteiger partial charge on any atom is -0.480 e. The zero-order valence-corrected chi connectivity index (χ0v) is 10.5. The molecule has 0 aliphatic rings. The molecule has 0 aliphatic heterocycles. The van der Waals surface area contributed by atoms with Crippen LogP contribution in [0.4, 0.5) is 0 Å². The molecule has 2 aromatic heterocycles. The maximum atomic E-state index is 6.11. The largest absolute Gasteiger partial charge is 0.480 e. The van der Waals surface area contributed by atoms with Gasteiger partial charge in [0.2, 0.25) is 11.8 Å². The van der Waals surface area contributed by atoms with Crippen LogP contribution in [0.3, 0.4) is 0 Å². The fraction of sp³-hybridized carbons (Fsp3) is 0.333. The topological polar surface area (TPSA) is 83.4 Å². The highest BCUT2D eigenvalue weighted by molar-refractivity contribution is 5.33. The highest BCUT2D eigenvalue weighted by Gasteiger charge is 2.21. The summed E-state index contributed by atoms with van der Waals surface area (Å²) in [6.45, 7) is 1.92. The fourth-order valence-corrected chi connectivity index (χ4v) is 1.66. The van der Waals surface area contributed by atoms with Crippen LogP contribution in [0.15, 0.2) is 22.9 Å². The Morgan fingerprint density at radius 1 is 1.33 bits per heavy atom. The van der Waals surface area contributed by atoms with E-state index in [1.54, 1.807) is 6.26 Å². The Labute approximate surface area is 105 Å². The van der Waals surface area contributed by atoms with Gasteiger partial charge in [0.1, 0.15) is 17.5 Å². The molecule has 1 unspecified atom stereocenters. The van der Waals surface area contributed by atoms with Gasteiger partial charge in [-0.15, -0.1) is 0 Å². The van der Waals surface area contributed by atoms with Crippen LogP contribution in [0.2, 0.25) is 0 Å². The zero-order valence-electron chi connectivity index (χ0n) is 10.5. The van der Waals surface area contributed by atoms with E-state index in [9.17, 15) is 0 Å². The molecule has 0 radical (unpaired) electrons. The number of nitrogens with two attached hydrogens (primary N) is 1. The molecule has 0 spiro atoms. The monoisotopic (exact) mass is 249 g/mol. The number of aryl methyl sites for hydroxylation is 1. The molecule has 96 valence electrons. The molecule has 18 heavy (non-hydrogen) atoms. The predicted molar refractivity (Wildman–Crippen MR) is 64.6 cm³/mol. The van der Waals surface area contributed by atoms with Gasteiger partial charge in [-0.1, -0.05) is 0 Å². The van der Waals surface area contributed by atoms with Crippen molar-refractivity contribution in [1.29, 1.82) is 0 Å². The summed E-state index contributed by atoms with van der Waals surface area (Å²) in [5.41, 5.74) is 7.58. The van der Waals surface area contributed by atoms with Crippen molar-refractivity contribution in [2.75, 3.05) is 14.2 Å². The number of aromatic nitrogens is 2. The zero-order chi connectivity index (χ0) is 13.1. The number of furan rings is 1. The number of methoxy groups -OCH3 is 2. The van der Waals surface area contributed by atoms with E-state index in [2.05, 4.69) is 9.97 Å². The summed E-state index contributed by atoms with van der Waals surface area (Å²) in [6, 6.07) is 1.33. The number of hydrogen-bond donors (Lipinski definition) is 1. The maximum Gasteiger partial charge on any atom is 0.240 e. The molecule has 2 N–H and O–H groups in total. The molecule has 0 saturated heterocycles. The number of nitrogens with zero attached hydrogens (tertiary/aromatic N) is 2. The van der Waals surface area contributed by atoms with Gasteiger partial charge >= 0.3 is 0 Å². The summed E-state index contributed by atoms with van der Waals surface area (Å²) in [5, 5.41) is 0. The Bertz CT molecular complexity index is 539. The first-order valence-corrected chi connectivity index (χ1v) is 5.41. The summed E-state index contributed by atoms with van der Waals surface area (Å²) in [6.07, 6.45) is 3.09. The SMILES string of the molecule is COc1cnc(C(N)c2occc2C)c(OC)n1. The van der Waals surface area contributed by atoms with Gasteiger partial charge in [-0.25, -0.2) is 4.98 Å². The normalized spacial score (nSPS) is 12.2. The van der Waals surface area contributed by atoms with Crippen molar-refractivity contribution >= 4 is 0 Å². The molecule has 0 aromatic carbocycles. The first kappa shape index (κ1) is 12.4. The van der Waals surface area contributed by atoms with Crippen molar-refractivity contribution in [3.05, 3.63) is 35.5 Å². The lowest BCUT2D eigenvalue weighted by Gasteiger charge is -2.13. The van der Waals surface area contributed by atoms with Crippen molar-refractivity contribution in [1.82, 2.24) is 9.97 Å². The van der Waals surface area contributed by atoms with E-state index in [4.69, 9.17) is 19.6 Å². The summed E-state index contributed by atoms with van der Waals surface area (Å²) in [7, 11) is 3.02. The van der Waals surface area contributed by atoms with Crippen LogP contribution in [0, 0.1) is 6.92 Å². The Hall–Kier alpha value is -2.08. The second kappa shape index (κ2) is 5.05. The summed E-state index contributed by atoms with van der Waals surface area (Å²) < 4.78 is 15.5. The van der Waals surface area contributed by atoms with E-state index >= 15 is 0 Å². The van der Waals surface area contributed by atoms with E-state index < -0.39 is 6.04 Å². The predicted octanol–water partition coefficient (Wildman–Crippen LogP) is 1.44. The first-order valence-electron chi connectivity index (χ1n) is 5.41. The lowest BCUT2D eigenvalue weighted by Crippen LogP contribution is -2.16. The van der Waals surface area contributed by atoms with Gasteiger partial charge in [0, 0.05) is 0 Å². The lowest BCUT2D eigenvalue weighted by atomic mass is 10.1. The summed E-state index contributed by atoms with van der Waals surface area (Å²) in [4.78, 5) is 8.36. The third kappa shape index (κ3) is 2.14. The molecule has 0 amide bonds. The second-order valence-electron chi connectivity index (χ2n) is 3.75. The third-order valence-electron chi connectivity index (χ3n) is 2.63. The van der Waals surface area contributed by atoms with Crippen LogP contribution in [-0.2, 0) is 0 Å². The Morgan fingerprint density at radius 3 is 2.67 bits per heavy atom. The minimum atomic E-state index is -0.520. The van der Waals surface area contributed by atoms with Crippen molar-refractivity contribution in [2.45, 2.75) is 13.0 Å². The van der Waals surface area contributed by atoms with E-state index in [0.29, 0.717) is 23.2 Å². The lowest BCUT2D eigenvalue weighted by molar-refractivity contribution is 0.352. The van der Waals surface area contributed by atoms with Gasteiger partial charge in [-0.05, 0) is 18.6 Å². The van der Waals surface area contributed by atoms with E-state index in [1.165, 1.54) is 20.4 Å². The summed E-state index contributed by atoms with van der Waals surface area (Å²) in [5.74, 6) is 1.35. The average molecular weight is 249 g/mol. The highest BCUT2D eigenvalue weighted by Crippen LogP contribution is 2.28. The molecule has 6 heteroatoms. The fourth-order valence-electron chi connectivity index (χ4n) is 1.66. The molecule has 2 rings (SSSR count). The van der Waals surface area contributed by atoms with Gasteiger partial charge in [-0.3, -0.25) is 0 Å². The van der Waals surface area contributed by atoms with E-state index in [0.717, 1.165) is 5.56 Å².